The molecule has 2 heteroatoms. The molecule has 0 aliphatic carbocycles. The van der Waals surface area contributed by atoms with Gasteiger partial charge in [-0.3, -0.25) is 0 Å². The van der Waals surface area contributed by atoms with Crippen molar-refractivity contribution < 1.29 is 0 Å². The van der Waals surface area contributed by atoms with Gasteiger partial charge in [-0.2, -0.15) is 0 Å². The van der Waals surface area contributed by atoms with Crippen molar-refractivity contribution in [2.75, 3.05) is 0 Å². The Kier molecular flexibility index (Phi) is 9.63. The highest BCUT2D eigenvalue weighted by molar-refractivity contribution is 6.45. The van der Waals surface area contributed by atoms with E-state index < -0.39 is 0 Å². The van der Waals surface area contributed by atoms with Crippen LogP contribution in [0.4, 0.5) is 0 Å². The molecular formula is C9H13ClSi. The van der Waals surface area contributed by atoms with Crippen LogP contribution in [0, 0.1) is 11.8 Å². The van der Waals surface area contributed by atoms with Crippen LogP contribution in [0.3, 0.4) is 0 Å². The Morgan fingerprint density at radius 2 is 2.27 bits per heavy atom. The van der Waals surface area contributed by atoms with Gasteiger partial charge in [-0.25, -0.2) is 0 Å². The van der Waals surface area contributed by atoms with E-state index in [1.54, 1.807) is 5.54 Å². The second kappa shape index (κ2) is 9.81. The highest BCUT2D eigenvalue weighted by Crippen LogP contribution is 1.90. The van der Waals surface area contributed by atoms with Crippen molar-refractivity contribution in [2.24, 2.45) is 0 Å². The Morgan fingerprint density at radius 1 is 1.45 bits per heavy atom. The van der Waals surface area contributed by atoms with Crippen LogP contribution in [0.2, 0.25) is 6.04 Å². The fourth-order valence-electron chi connectivity index (χ4n) is 0.571. The largest absolute Gasteiger partial charge is 0.107 e. The fraction of sp³-hybridized carbons (Fsp3) is 0.556. The molecule has 0 unspecified atom stereocenters. The zero-order valence-electron chi connectivity index (χ0n) is 6.86. The lowest BCUT2D eigenvalue weighted by molar-refractivity contribution is 0.828. The number of rotatable bonds is 4. The summed E-state index contributed by atoms with van der Waals surface area (Å²) in [5.41, 5.74) is 3.52. The molecule has 0 saturated heterocycles. The first-order chi connectivity index (χ1) is 5.41. The predicted molar refractivity (Wildman–Crippen MR) is 52.9 cm³/mol. The molecule has 0 aromatic carbocycles. The first-order valence-corrected chi connectivity index (χ1v) is 5.58. The fourth-order valence-corrected chi connectivity index (χ4v) is 1.27. The van der Waals surface area contributed by atoms with Crippen LogP contribution in [0.25, 0.3) is 0 Å². The Hall–Kier alpha value is -0.193. The lowest BCUT2D eigenvalue weighted by Crippen LogP contribution is -1.78. The summed E-state index contributed by atoms with van der Waals surface area (Å²) in [7, 11) is 0.758. The topological polar surface area (TPSA) is 0 Å². The van der Waals surface area contributed by atoms with Crippen LogP contribution >= 0.6 is 11.6 Å². The quantitative estimate of drug-likeness (QED) is 0.358. The number of hydrogen-bond donors (Lipinski definition) is 0. The summed E-state index contributed by atoms with van der Waals surface area (Å²) in [4.78, 5) is 0. The molecule has 0 aromatic heterocycles. The standard InChI is InChI=1S/C9H13ClSi/c1-2-3-4-5-6-8-11-9-7-10/h7,9H,2-4,8H2,1H3. The van der Waals surface area contributed by atoms with Crippen LogP contribution in [-0.2, 0) is 0 Å². The van der Waals surface area contributed by atoms with Gasteiger partial charge in [0.05, 0.1) is 9.52 Å². The van der Waals surface area contributed by atoms with Crippen LogP contribution in [0.15, 0.2) is 11.2 Å². The lowest BCUT2D eigenvalue weighted by atomic mass is 10.3. The summed E-state index contributed by atoms with van der Waals surface area (Å²) in [6, 6.07) is 0.965. The van der Waals surface area contributed by atoms with Gasteiger partial charge in [0.1, 0.15) is 0 Å². The van der Waals surface area contributed by atoms with Gasteiger partial charge in [0.25, 0.3) is 0 Å². The van der Waals surface area contributed by atoms with Crippen LogP contribution in [-0.4, -0.2) is 9.52 Å². The molecule has 0 aliphatic rings. The summed E-state index contributed by atoms with van der Waals surface area (Å²) in [6.07, 6.45) is 3.51. The molecule has 0 spiro atoms. The molecule has 60 valence electrons. The molecule has 0 aliphatic heterocycles. The van der Waals surface area contributed by atoms with E-state index in [4.69, 9.17) is 11.6 Å². The van der Waals surface area contributed by atoms with E-state index in [1.807, 2.05) is 5.70 Å². The van der Waals surface area contributed by atoms with Gasteiger partial charge in [-0.1, -0.05) is 30.6 Å². The highest BCUT2D eigenvalue weighted by atomic mass is 35.5. The second-order valence-electron chi connectivity index (χ2n) is 2.13. The second-order valence-corrected chi connectivity index (χ2v) is 3.48. The van der Waals surface area contributed by atoms with E-state index in [0.717, 1.165) is 22.0 Å². The smallest absolute Gasteiger partial charge is 0.0857 e. The average Bonchev–Trinajstić information content (AvgIpc) is 2.03. The van der Waals surface area contributed by atoms with Gasteiger partial charge in [0.15, 0.2) is 0 Å². The predicted octanol–water partition coefficient (Wildman–Crippen LogP) is 3.01. The summed E-state index contributed by atoms with van der Waals surface area (Å²) in [5, 5.41) is 0. The van der Waals surface area contributed by atoms with E-state index >= 15 is 0 Å². The van der Waals surface area contributed by atoms with Gasteiger partial charge < -0.3 is 0 Å². The molecule has 0 saturated carbocycles. The minimum Gasteiger partial charge on any atom is -0.107 e. The maximum atomic E-state index is 5.34. The Morgan fingerprint density at radius 3 is 2.91 bits per heavy atom. The third-order valence-corrected chi connectivity index (χ3v) is 2.27. The summed E-state index contributed by atoms with van der Waals surface area (Å²) in [6.45, 7) is 2.18. The molecule has 11 heavy (non-hydrogen) atoms. The zero-order valence-corrected chi connectivity index (χ0v) is 8.62. The van der Waals surface area contributed by atoms with E-state index in [-0.39, 0.29) is 0 Å². The lowest BCUT2D eigenvalue weighted by Gasteiger charge is -1.83. The van der Waals surface area contributed by atoms with Crippen LogP contribution in [0.5, 0.6) is 0 Å². The summed E-state index contributed by atoms with van der Waals surface area (Å²) < 4.78 is 0. The molecule has 0 fully saturated rings. The van der Waals surface area contributed by atoms with Crippen molar-refractivity contribution in [1.82, 2.24) is 0 Å². The van der Waals surface area contributed by atoms with Crippen molar-refractivity contribution in [3.8, 4) is 11.8 Å². The van der Waals surface area contributed by atoms with E-state index in [1.165, 1.54) is 12.8 Å². The normalized spacial score (nSPS) is 9.64. The first-order valence-electron chi connectivity index (χ1n) is 3.86. The van der Waals surface area contributed by atoms with Crippen molar-refractivity contribution in [1.29, 1.82) is 0 Å². The van der Waals surface area contributed by atoms with Crippen molar-refractivity contribution in [2.45, 2.75) is 32.2 Å². The Labute approximate surface area is 76.8 Å². The molecular weight excluding hydrogens is 172 g/mol. The third-order valence-electron chi connectivity index (χ3n) is 1.15. The average molecular weight is 185 g/mol. The number of unbranched alkanes of at least 4 members (excludes halogenated alkanes) is 2. The molecule has 0 heterocycles. The molecule has 0 rings (SSSR count). The zero-order chi connectivity index (χ0) is 8.36. The number of hydrogen-bond acceptors (Lipinski definition) is 0. The maximum absolute atomic E-state index is 5.34. The van der Waals surface area contributed by atoms with Gasteiger partial charge in [-0.05, 0) is 12.0 Å². The number of halogens is 1. The van der Waals surface area contributed by atoms with Gasteiger partial charge in [0.2, 0.25) is 0 Å². The highest BCUT2D eigenvalue weighted by Gasteiger charge is 1.78. The minimum absolute atomic E-state index is 0.758. The van der Waals surface area contributed by atoms with Gasteiger partial charge in [0, 0.05) is 12.5 Å². The summed E-state index contributed by atoms with van der Waals surface area (Å²) in [5.74, 6) is 6.23. The van der Waals surface area contributed by atoms with E-state index in [2.05, 4.69) is 18.8 Å². The molecule has 0 N–H and O–H groups in total. The van der Waals surface area contributed by atoms with Gasteiger partial charge >= 0.3 is 0 Å². The maximum Gasteiger partial charge on any atom is 0.0857 e. The van der Waals surface area contributed by atoms with Crippen molar-refractivity contribution >= 4 is 21.1 Å². The van der Waals surface area contributed by atoms with Crippen molar-refractivity contribution in [3.05, 3.63) is 11.2 Å². The SMILES string of the molecule is CCCCC#CC[Si]C=CCl. The Balaban J connectivity index is 3.12. The molecule has 0 atom stereocenters. The molecule has 0 amide bonds. The first kappa shape index (κ1) is 10.8. The monoisotopic (exact) mass is 184 g/mol. The molecule has 0 bridgehead atoms. The van der Waals surface area contributed by atoms with E-state index in [9.17, 15) is 0 Å². The van der Waals surface area contributed by atoms with E-state index in [0.29, 0.717) is 0 Å². The van der Waals surface area contributed by atoms with Crippen LogP contribution < -0.4 is 0 Å². The minimum atomic E-state index is 0.758. The van der Waals surface area contributed by atoms with Crippen molar-refractivity contribution in [3.63, 3.8) is 0 Å². The Bertz CT molecular complexity index is 153. The molecule has 0 nitrogen and oxygen atoms in total. The van der Waals surface area contributed by atoms with Crippen LogP contribution in [0.1, 0.15) is 26.2 Å². The third kappa shape index (κ3) is 9.81. The summed E-state index contributed by atoms with van der Waals surface area (Å²) >= 11 is 5.34. The molecule has 0 aromatic rings. The van der Waals surface area contributed by atoms with Gasteiger partial charge in [-0.15, -0.1) is 11.8 Å². The molecule has 2 radical (unpaired) electrons.